The van der Waals surface area contributed by atoms with Crippen LogP contribution in [-0.4, -0.2) is 47.4 Å². The van der Waals surface area contributed by atoms with Gasteiger partial charge in [0.25, 0.3) is 0 Å². The molecule has 6 nitrogen and oxygen atoms in total. The summed E-state index contributed by atoms with van der Waals surface area (Å²) < 4.78 is 5.46. The number of hydrogen-bond donors (Lipinski definition) is 3. The van der Waals surface area contributed by atoms with Crippen molar-refractivity contribution in [1.82, 2.24) is 5.32 Å². The van der Waals surface area contributed by atoms with Gasteiger partial charge >= 0.3 is 5.97 Å². The topological polar surface area (TPSA) is 95.9 Å². The van der Waals surface area contributed by atoms with Crippen LogP contribution in [-0.2, 0) is 14.3 Å². The number of esters is 1. The molecule has 0 aliphatic rings. The minimum atomic E-state index is -0.668. The second-order valence-corrected chi connectivity index (χ2v) is 22.5. The minimum absolute atomic E-state index is 0.00263. The summed E-state index contributed by atoms with van der Waals surface area (Å²) in [5, 5.41) is 23.4. The Morgan fingerprint density at radius 1 is 0.380 bits per heavy atom. The summed E-state index contributed by atoms with van der Waals surface area (Å²) in [6.07, 6.45) is 73.7. The quantitative estimate of drug-likeness (QED) is 0.0320. The van der Waals surface area contributed by atoms with Crippen molar-refractivity contribution < 1.29 is 24.5 Å². The summed E-state index contributed by atoms with van der Waals surface area (Å²) in [5.74, 6) is -0.0371. The number of ether oxygens (including phenoxy) is 1. The SMILES string of the molecule is CCCC/C=C\CCCCCCCC(=O)OCCCCCCCCCCCCCCCCCCCCC(=O)NC(CO)C(O)CCCCCCCCCCCCCCCCCCCCCCCCCCC. The predicted molar refractivity (Wildman–Crippen MR) is 310 cm³/mol. The van der Waals surface area contributed by atoms with E-state index in [0.29, 0.717) is 25.9 Å². The van der Waals surface area contributed by atoms with E-state index in [2.05, 4.69) is 31.3 Å². The summed E-state index contributed by atoms with van der Waals surface area (Å²) in [5.41, 5.74) is 0. The molecule has 0 spiro atoms. The number of amides is 1. The van der Waals surface area contributed by atoms with Crippen LogP contribution in [0.15, 0.2) is 12.2 Å². The third-order valence-corrected chi connectivity index (χ3v) is 15.3. The third kappa shape index (κ3) is 57.7. The maximum atomic E-state index is 12.5. The monoisotopic (exact) mass is 1000 g/mol. The highest BCUT2D eigenvalue weighted by atomic mass is 16.5. The molecule has 2 atom stereocenters. The number of unbranched alkanes of at least 4 members (excludes halogenated alkanes) is 48. The normalized spacial score (nSPS) is 12.6. The van der Waals surface area contributed by atoms with Crippen LogP contribution in [0.25, 0.3) is 0 Å². The largest absolute Gasteiger partial charge is 0.466 e. The molecule has 0 aliphatic heterocycles. The van der Waals surface area contributed by atoms with Gasteiger partial charge in [-0.15, -0.1) is 0 Å². The van der Waals surface area contributed by atoms with Gasteiger partial charge in [-0.05, 0) is 44.9 Å². The van der Waals surface area contributed by atoms with Crippen molar-refractivity contribution in [2.45, 2.75) is 379 Å². The molecule has 422 valence electrons. The maximum absolute atomic E-state index is 12.5. The van der Waals surface area contributed by atoms with Gasteiger partial charge in [-0.25, -0.2) is 0 Å². The van der Waals surface area contributed by atoms with Gasteiger partial charge in [0.2, 0.25) is 5.91 Å². The van der Waals surface area contributed by atoms with E-state index >= 15 is 0 Å². The van der Waals surface area contributed by atoms with Crippen LogP contribution in [0.1, 0.15) is 367 Å². The first kappa shape index (κ1) is 69.6. The van der Waals surface area contributed by atoms with E-state index in [-0.39, 0.29) is 18.5 Å². The Balaban J connectivity index is 3.40. The van der Waals surface area contributed by atoms with E-state index in [9.17, 15) is 19.8 Å². The zero-order valence-electron chi connectivity index (χ0n) is 48.2. The fourth-order valence-corrected chi connectivity index (χ4v) is 10.3. The van der Waals surface area contributed by atoms with Crippen LogP contribution in [0.2, 0.25) is 0 Å². The van der Waals surface area contributed by atoms with Crippen molar-refractivity contribution in [1.29, 1.82) is 0 Å². The van der Waals surface area contributed by atoms with Gasteiger partial charge in [-0.3, -0.25) is 9.59 Å². The number of aliphatic hydroxyl groups is 2. The Morgan fingerprint density at radius 2 is 0.676 bits per heavy atom. The summed E-state index contributed by atoms with van der Waals surface area (Å²) in [6.45, 7) is 4.94. The van der Waals surface area contributed by atoms with Crippen molar-refractivity contribution in [3.8, 4) is 0 Å². The number of carbonyl (C=O) groups excluding carboxylic acids is 2. The molecule has 1 amide bonds. The van der Waals surface area contributed by atoms with Gasteiger partial charge < -0.3 is 20.3 Å². The first-order chi connectivity index (χ1) is 35.0. The molecule has 0 saturated heterocycles. The van der Waals surface area contributed by atoms with Crippen LogP contribution in [0.5, 0.6) is 0 Å². The molecule has 0 bridgehead atoms. The highest BCUT2D eigenvalue weighted by Gasteiger charge is 2.20. The van der Waals surface area contributed by atoms with E-state index in [0.717, 1.165) is 44.9 Å². The fourth-order valence-electron chi connectivity index (χ4n) is 10.3. The summed E-state index contributed by atoms with van der Waals surface area (Å²) in [6, 6.07) is -0.545. The van der Waals surface area contributed by atoms with E-state index in [4.69, 9.17) is 4.74 Å². The molecular weight excluding hydrogens is 875 g/mol. The highest BCUT2D eigenvalue weighted by molar-refractivity contribution is 5.76. The average molecular weight is 1000 g/mol. The molecule has 0 aliphatic carbocycles. The van der Waals surface area contributed by atoms with Crippen LogP contribution < -0.4 is 5.32 Å². The molecule has 0 radical (unpaired) electrons. The van der Waals surface area contributed by atoms with Crippen molar-refractivity contribution in [2.75, 3.05) is 13.2 Å². The van der Waals surface area contributed by atoms with E-state index < -0.39 is 12.1 Å². The first-order valence-corrected chi connectivity index (χ1v) is 32.4. The molecule has 0 aromatic carbocycles. The summed E-state index contributed by atoms with van der Waals surface area (Å²) in [4.78, 5) is 24.5. The molecule has 0 rings (SSSR count). The molecule has 0 aromatic heterocycles. The fraction of sp³-hybridized carbons (Fsp3) is 0.938. The minimum Gasteiger partial charge on any atom is -0.466 e. The summed E-state index contributed by atoms with van der Waals surface area (Å²) in [7, 11) is 0. The van der Waals surface area contributed by atoms with Crippen LogP contribution >= 0.6 is 0 Å². The Hall–Kier alpha value is -1.40. The lowest BCUT2D eigenvalue weighted by Crippen LogP contribution is -2.45. The predicted octanol–water partition coefficient (Wildman–Crippen LogP) is 20.4. The van der Waals surface area contributed by atoms with Crippen LogP contribution in [0, 0.1) is 0 Å². The number of aliphatic hydroxyl groups excluding tert-OH is 2. The summed E-state index contributed by atoms with van der Waals surface area (Å²) >= 11 is 0. The van der Waals surface area contributed by atoms with Crippen molar-refractivity contribution in [2.24, 2.45) is 0 Å². The van der Waals surface area contributed by atoms with Gasteiger partial charge in [0.05, 0.1) is 25.4 Å². The Bertz CT molecular complexity index is 1060. The molecule has 2 unspecified atom stereocenters. The molecule has 3 N–H and O–H groups in total. The lowest BCUT2D eigenvalue weighted by molar-refractivity contribution is -0.143. The van der Waals surface area contributed by atoms with Gasteiger partial charge in [0, 0.05) is 12.8 Å². The Kier molecular flexibility index (Phi) is 59.9. The number of hydrogen-bond acceptors (Lipinski definition) is 5. The second-order valence-electron chi connectivity index (χ2n) is 22.5. The number of nitrogens with one attached hydrogen (secondary N) is 1. The maximum Gasteiger partial charge on any atom is 0.305 e. The lowest BCUT2D eigenvalue weighted by atomic mass is 10.0. The molecule has 0 saturated carbocycles. The Labute approximate surface area is 444 Å². The number of carbonyl (C=O) groups is 2. The van der Waals surface area contributed by atoms with Crippen LogP contribution in [0.3, 0.4) is 0 Å². The van der Waals surface area contributed by atoms with Gasteiger partial charge in [0.15, 0.2) is 0 Å². The van der Waals surface area contributed by atoms with Gasteiger partial charge in [0.1, 0.15) is 0 Å². The third-order valence-electron chi connectivity index (χ3n) is 15.3. The molecule has 0 heterocycles. The van der Waals surface area contributed by atoms with E-state index in [1.807, 2.05) is 0 Å². The van der Waals surface area contributed by atoms with Gasteiger partial charge in [-0.1, -0.05) is 321 Å². The molecule has 0 aromatic rings. The highest BCUT2D eigenvalue weighted by Crippen LogP contribution is 2.19. The molecule has 6 heteroatoms. The smallest absolute Gasteiger partial charge is 0.305 e. The molecule has 71 heavy (non-hydrogen) atoms. The van der Waals surface area contributed by atoms with Crippen molar-refractivity contribution in [3.05, 3.63) is 12.2 Å². The number of rotatable bonds is 61. The zero-order valence-corrected chi connectivity index (χ0v) is 48.2. The molecule has 0 fully saturated rings. The first-order valence-electron chi connectivity index (χ1n) is 32.4. The standard InChI is InChI=1S/C65H127NO5/c1-3-5-7-9-11-13-15-16-17-18-19-20-21-22-23-24-25-28-31-34-38-41-45-49-53-57-63(68)62(61-67)66-64(69)58-54-50-46-42-39-35-32-29-26-27-30-33-36-40-44-48-52-56-60-71-65(70)59-55-51-47-43-37-14-12-10-8-6-4-2/h10,12,62-63,67-68H,3-9,11,13-61H2,1-2H3,(H,66,69)/b12-10-. The van der Waals surface area contributed by atoms with E-state index in [1.165, 1.54) is 289 Å². The lowest BCUT2D eigenvalue weighted by Gasteiger charge is -2.22. The van der Waals surface area contributed by atoms with E-state index in [1.54, 1.807) is 0 Å². The van der Waals surface area contributed by atoms with Crippen LogP contribution in [0.4, 0.5) is 0 Å². The average Bonchev–Trinajstić information content (AvgIpc) is 3.37. The molecular formula is C65H127NO5. The van der Waals surface area contributed by atoms with Crippen molar-refractivity contribution >= 4 is 11.9 Å². The van der Waals surface area contributed by atoms with Crippen molar-refractivity contribution in [3.63, 3.8) is 0 Å². The Morgan fingerprint density at radius 3 is 1.04 bits per heavy atom. The van der Waals surface area contributed by atoms with Gasteiger partial charge in [-0.2, -0.15) is 0 Å². The number of allylic oxidation sites excluding steroid dienone is 2. The second kappa shape index (κ2) is 61.1. The zero-order chi connectivity index (χ0) is 51.4.